The van der Waals surface area contributed by atoms with Crippen LogP contribution in [-0.2, 0) is 14.6 Å². The maximum Gasteiger partial charge on any atom is 0.251 e. The van der Waals surface area contributed by atoms with E-state index in [0.29, 0.717) is 12.1 Å². The number of primary amides is 1. The molecule has 2 amide bonds. The summed E-state index contributed by atoms with van der Waals surface area (Å²) in [6.07, 6.45) is 2.95. The van der Waals surface area contributed by atoms with Gasteiger partial charge in [-0.2, -0.15) is 0 Å². The largest absolute Gasteiger partial charge is 0.369 e. The zero-order valence-electron chi connectivity index (χ0n) is 13.1. The Hall–Kier alpha value is -1.64. The smallest absolute Gasteiger partial charge is 0.251 e. The molecular weight excluding hydrogens is 354 g/mol. The van der Waals surface area contributed by atoms with Crippen molar-refractivity contribution in [2.75, 3.05) is 12.3 Å². The second-order valence-corrected chi connectivity index (χ2v) is 7.75. The monoisotopic (exact) mass is 375 g/mol. The molecule has 5 N–H and O–H groups in total. The van der Waals surface area contributed by atoms with Crippen molar-refractivity contribution in [2.24, 2.45) is 17.4 Å². The Kier molecular flexibility index (Phi) is 7.19. The van der Waals surface area contributed by atoms with Gasteiger partial charge in [0.2, 0.25) is 5.91 Å². The zero-order chi connectivity index (χ0) is 17.0. The second kappa shape index (κ2) is 8.46. The molecule has 2 unspecified atom stereocenters. The SMILES string of the molecule is Cl.NCC1CCCC1NC(=O)c1ccc(S(=O)(=O)CC(N)=O)cc1. The van der Waals surface area contributed by atoms with Gasteiger partial charge in [0, 0.05) is 11.6 Å². The summed E-state index contributed by atoms with van der Waals surface area (Å²) in [7, 11) is -3.76. The summed E-state index contributed by atoms with van der Waals surface area (Å²) in [6, 6.07) is 5.53. The molecule has 0 saturated heterocycles. The Morgan fingerprint density at radius 2 is 1.79 bits per heavy atom. The first-order valence-electron chi connectivity index (χ1n) is 7.45. The number of sulfone groups is 1. The minimum Gasteiger partial charge on any atom is -0.369 e. The van der Waals surface area contributed by atoms with Crippen molar-refractivity contribution >= 4 is 34.1 Å². The highest BCUT2D eigenvalue weighted by atomic mass is 35.5. The number of halogens is 1. The number of nitrogens with two attached hydrogens (primary N) is 2. The fraction of sp³-hybridized carbons (Fsp3) is 0.467. The Morgan fingerprint density at radius 3 is 2.33 bits per heavy atom. The second-order valence-electron chi connectivity index (χ2n) is 5.76. The highest BCUT2D eigenvalue weighted by Gasteiger charge is 2.27. The molecule has 0 bridgehead atoms. The number of benzene rings is 1. The van der Waals surface area contributed by atoms with Gasteiger partial charge in [0.05, 0.1) is 4.90 Å². The van der Waals surface area contributed by atoms with Crippen LogP contribution in [0.5, 0.6) is 0 Å². The van der Waals surface area contributed by atoms with Gasteiger partial charge in [-0.3, -0.25) is 9.59 Å². The molecule has 0 aliphatic heterocycles. The van der Waals surface area contributed by atoms with Gasteiger partial charge >= 0.3 is 0 Å². The van der Waals surface area contributed by atoms with Crippen LogP contribution in [0.4, 0.5) is 0 Å². The van der Waals surface area contributed by atoms with Crippen molar-refractivity contribution < 1.29 is 18.0 Å². The lowest BCUT2D eigenvalue weighted by Gasteiger charge is -2.19. The third kappa shape index (κ3) is 4.93. The Balaban J connectivity index is 0.00000288. The summed E-state index contributed by atoms with van der Waals surface area (Å²) in [5.41, 5.74) is 11.0. The van der Waals surface area contributed by atoms with Gasteiger partial charge in [-0.05, 0) is 49.6 Å². The quantitative estimate of drug-likeness (QED) is 0.654. The minimum absolute atomic E-state index is 0. The number of hydrogen-bond donors (Lipinski definition) is 3. The van der Waals surface area contributed by atoms with E-state index in [0.717, 1.165) is 19.3 Å². The van der Waals surface area contributed by atoms with Gasteiger partial charge in [0.15, 0.2) is 9.84 Å². The maximum atomic E-state index is 12.2. The van der Waals surface area contributed by atoms with Crippen LogP contribution < -0.4 is 16.8 Å². The van der Waals surface area contributed by atoms with E-state index >= 15 is 0 Å². The lowest BCUT2D eigenvalue weighted by molar-refractivity contribution is -0.115. The first-order valence-corrected chi connectivity index (χ1v) is 9.11. The van der Waals surface area contributed by atoms with Gasteiger partial charge in [-0.15, -0.1) is 12.4 Å². The first kappa shape index (κ1) is 20.4. The molecule has 7 nitrogen and oxygen atoms in total. The van der Waals surface area contributed by atoms with Gasteiger partial charge in [-0.1, -0.05) is 6.42 Å². The number of rotatable bonds is 6. The Morgan fingerprint density at radius 1 is 1.17 bits per heavy atom. The van der Waals surface area contributed by atoms with Crippen LogP contribution in [0.2, 0.25) is 0 Å². The predicted molar refractivity (Wildman–Crippen MR) is 92.6 cm³/mol. The van der Waals surface area contributed by atoms with Crippen LogP contribution >= 0.6 is 12.4 Å². The summed E-state index contributed by atoms with van der Waals surface area (Å²) in [5.74, 6) is -1.64. The predicted octanol–water partition coefficient (Wildman–Crippen LogP) is 0.225. The average Bonchev–Trinajstić information content (AvgIpc) is 2.93. The third-order valence-electron chi connectivity index (χ3n) is 4.09. The van der Waals surface area contributed by atoms with E-state index in [-0.39, 0.29) is 35.2 Å². The van der Waals surface area contributed by atoms with Gasteiger partial charge < -0.3 is 16.8 Å². The van der Waals surface area contributed by atoms with E-state index in [4.69, 9.17) is 11.5 Å². The molecule has 1 saturated carbocycles. The highest BCUT2D eigenvalue weighted by molar-refractivity contribution is 7.92. The zero-order valence-corrected chi connectivity index (χ0v) is 14.7. The molecule has 24 heavy (non-hydrogen) atoms. The van der Waals surface area contributed by atoms with Crippen molar-refractivity contribution in [2.45, 2.75) is 30.2 Å². The molecule has 0 radical (unpaired) electrons. The van der Waals surface area contributed by atoms with Crippen LogP contribution in [0.25, 0.3) is 0 Å². The topological polar surface area (TPSA) is 132 Å². The van der Waals surface area contributed by atoms with Crippen molar-refractivity contribution in [1.29, 1.82) is 0 Å². The molecule has 2 rings (SSSR count). The number of carbonyl (C=O) groups is 2. The van der Waals surface area contributed by atoms with Crippen molar-refractivity contribution in [1.82, 2.24) is 5.32 Å². The van der Waals surface area contributed by atoms with Crippen LogP contribution in [0.1, 0.15) is 29.6 Å². The fourth-order valence-electron chi connectivity index (χ4n) is 2.84. The molecular formula is C15H22ClN3O4S. The van der Waals surface area contributed by atoms with E-state index in [9.17, 15) is 18.0 Å². The van der Waals surface area contributed by atoms with Gasteiger partial charge in [0.1, 0.15) is 5.75 Å². The average molecular weight is 376 g/mol. The number of carbonyl (C=O) groups excluding carboxylic acids is 2. The van der Waals surface area contributed by atoms with Crippen molar-refractivity contribution in [3.05, 3.63) is 29.8 Å². The molecule has 0 heterocycles. The first-order chi connectivity index (χ1) is 10.8. The summed E-state index contributed by atoms with van der Waals surface area (Å²) in [6.45, 7) is 0.537. The van der Waals surface area contributed by atoms with Gasteiger partial charge in [-0.25, -0.2) is 8.42 Å². The standard InChI is InChI=1S/C15H21N3O4S.ClH/c16-8-11-2-1-3-13(11)18-15(20)10-4-6-12(7-5-10)23(21,22)9-14(17)19;/h4-7,11,13H,1-3,8-9,16H2,(H2,17,19)(H,18,20);1H. The maximum absolute atomic E-state index is 12.2. The third-order valence-corrected chi connectivity index (χ3v) is 5.74. The molecule has 1 aliphatic carbocycles. The van der Waals surface area contributed by atoms with Crippen molar-refractivity contribution in [3.8, 4) is 0 Å². The van der Waals surface area contributed by atoms with Crippen LogP contribution in [-0.4, -0.2) is 38.6 Å². The molecule has 1 aromatic rings. The number of amides is 2. The lowest BCUT2D eigenvalue weighted by atomic mass is 10.0. The molecule has 134 valence electrons. The minimum atomic E-state index is -3.76. The summed E-state index contributed by atoms with van der Waals surface area (Å²) in [5, 5.41) is 2.94. The summed E-state index contributed by atoms with van der Waals surface area (Å²) >= 11 is 0. The molecule has 2 atom stereocenters. The summed E-state index contributed by atoms with van der Waals surface area (Å²) < 4.78 is 23.7. The number of nitrogens with one attached hydrogen (secondary N) is 1. The van der Waals surface area contributed by atoms with E-state index in [1.807, 2.05) is 0 Å². The molecule has 1 fully saturated rings. The molecule has 9 heteroatoms. The highest BCUT2D eigenvalue weighted by Crippen LogP contribution is 2.25. The Bertz CT molecular complexity index is 691. The van der Waals surface area contributed by atoms with Crippen LogP contribution in [0.3, 0.4) is 0 Å². The van der Waals surface area contributed by atoms with Gasteiger partial charge in [0.25, 0.3) is 5.91 Å². The van der Waals surface area contributed by atoms with Crippen LogP contribution in [0, 0.1) is 5.92 Å². The molecule has 1 aliphatic rings. The molecule has 1 aromatic carbocycles. The van der Waals surface area contributed by atoms with E-state index in [2.05, 4.69) is 5.32 Å². The fourth-order valence-corrected chi connectivity index (χ4v) is 3.94. The van der Waals surface area contributed by atoms with Crippen LogP contribution in [0.15, 0.2) is 29.2 Å². The van der Waals surface area contributed by atoms with E-state index < -0.39 is 21.5 Å². The van der Waals surface area contributed by atoms with E-state index in [1.54, 1.807) is 0 Å². The number of hydrogen-bond acceptors (Lipinski definition) is 5. The van der Waals surface area contributed by atoms with Crippen molar-refractivity contribution in [3.63, 3.8) is 0 Å². The normalized spacial score (nSPS) is 20.2. The molecule has 0 spiro atoms. The Labute approximate surface area is 147 Å². The lowest BCUT2D eigenvalue weighted by Crippen LogP contribution is -2.39. The molecule has 0 aromatic heterocycles. The summed E-state index contributed by atoms with van der Waals surface area (Å²) in [4.78, 5) is 23.0. The van der Waals surface area contributed by atoms with E-state index in [1.165, 1.54) is 24.3 Å².